The van der Waals surface area contributed by atoms with E-state index in [1.54, 1.807) is 0 Å². The SMILES string of the molecule is c1ccc(-c2ccccc2-n2c3ccccc3c3ccc(-n4c5ccccc5c5ccc(-c6ccccc6)c([Si](c6ccccc6)(c6ccccc6)c6ccccc6)c54)cc32)cc1. The van der Waals surface area contributed by atoms with Crippen molar-refractivity contribution in [3.05, 3.63) is 255 Å². The summed E-state index contributed by atoms with van der Waals surface area (Å²) < 4.78 is 5.07. The van der Waals surface area contributed by atoms with Crippen LogP contribution in [0.2, 0.25) is 0 Å². The Bertz CT molecular complexity index is 3500. The van der Waals surface area contributed by atoms with E-state index in [2.05, 4.69) is 264 Å². The zero-order valence-corrected chi connectivity index (χ0v) is 35.6. The lowest BCUT2D eigenvalue weighted by Gasteiger charge is -2.37. The van der Waals surface area contributed by atoms with Crippen molar-refractivity contribution in [2.24, 2.45) is 0 Å². The molecular formula is C60H42N2Si. The third kappa shape index (κ3) is 5.78. The van der Waals surface area contributed by atoms with E-state index >= 15 is 0 Å². The molecule has 0 amide bonds. The minimum Gasteiger partial charge on any atom is -0.309 e. The summed E-state index contributed by atoms with van der Waals surface area (Å²) in [6.45, 7) is 0. The van der Waals surface area contributed by atoms with E-state index in [4.69, 9.17) is 0 Å². The van der Waals surface area contributed by atoms with Gasteiger partial charge in [-0.1, -0.05) is 224 Å². The van der Waals surface area contributed by atoms with Crippen LogP contribution >= 0.6 is 0 Å². The first-order valence-electron chi connectivity index (χ1n) is 21.8. The van der Waals surface area contributed by atoms with Crippen molar-refractivity contribution in [2.75, 3.05) is 0 Å². The normalized spacial score (nSPS) is 11.8. The van der Waals surface area contributed by atoms with Gasteiger partial charge >= 0.3 is 0 Å². The molecular weight excluding hydrogens is 777 g/mol. The van der Waals surface area contributed by atoms with Gasteiger partial charge in [-0.05, 0) is 67.8 Å². The standard InChI is InChI=1S/C60H42N2Si/c1-6-22-43(23-7-1)49-32-16-19-35-55(49)62-57-37-21-17-33-51(57)53-39-38-45(42-58(53)62)61-56-36-20-18-34-52(56)54-41-40-50(44-24-8-2-9-25-44)60(59(54)61)63(46-26-10-3-11-27-46,47-28-12-4-13-29-47)48-30-14-5-15-31-48/h1-42H. The van der Waals surface area contributed by atoms with Crippen molar-refractivity contribution in [1.29, 1.82) is 0 Å². The van der Waals surface area contributed by atoms with E-state index < -0.39 is 8.07 Å². The van der Waals surface area contributed by atoms with Crippen LogP contribution in [0.3, 0.4) is 0 Å². The first-order valence-corrected chi connectivity index (χ1v) is 23.8. The monoisotopic (exact) mass is 818 g/mol. The lowest BCUT2D eigenvalue weighted by Crippen LogP contribution is -2.75. The van der Waals surface area contributed by atoms with Crippen molar-refractivity contribution in [1.82, 2.24) is 9.13 Å². The molecule has 3 heteroatoms. The Morgan fingerprint density at radius 2 is 0.714 bits per heavy atom. The Kier molecular flexibility index (Phi) is 8.87. The second-order valence-electron chi connectivity index (χ2n) is 16.4. The first kappa shape index (κ1) is 36.8. The molecule has 0 bridgehead atoms. The summed E-state index contributed by atoms with van der Waals surface area (Å²) in [5, 5.41) is 10.4. The van der Waals surface area contributed by atoms with Crippen molar-refractivity contribution in [2.45, 2.75) is 0 Å². The van der Waals surface area contributed by atoms with Gasteiger partial charge in [0, 0.05) is 32.8 Å². The van der Waals surface area contributed by atoms with Crippen molar-refractivity contribution < 1.29 is 0 Å². The van der Waals surface area contributed by atoms with Crippen LogP contribution in [0.25, 0.3) is 77.2 Å². The van der Waals surface area contributed by atoms with Gasteiger partial charge in [-0.25, -0.2) is 0 Å². The van der Waals surface area contributed by atoms with E-state index in [0.717, 1.165) is 11.4 Å². The molecule has 63 heavy (non-hydrogen) atoms. The van der Waals surface area contributed by atoms with Gasteiger partial charge in [-0.15, -0.1) is 0 Å². The molecule has 0 N–H and O–H groups in total. The zero-order chi connectivity index (χ0) is 41.7. The minimum atomic E-state index is -3.13. The van der Waals surface area contributed by atoms with E-state index in [0.29, 0.717) is 0 Å². The maximum Gasteiger partial charge on any atom is 0.182 e. The van der Waals surface area contributed by atoms with E-state index in [-0.39, 0.29) is 0 Å². The van der Waals surface area contributed by atoms with Gasteiger partial charge < -0.3 is 9.13 Å². The van der Waals surface area contributed by atoms with Crippen LogP contribution < -0.4 is 20.7 Å². The Morgan fingerprint density at radius 3 is 1.30 bits per heavy atom. The molecule has 12 rings (SSSR count). The fourth-order valence-electron chi connectivity index (χ4n) is 10.4. The van der Waals surface area contributed by atoms with Gasteiger partial charge in [-0.3, -0.25) is 0 Å². The summed E-state index contributed by atoms with van der Waals surface area (Å²) in [4.78, 5) is 0. The molecule has 0 spiro atoms. The Balaban J connectivity index is 1.27. The highest BCUT2D eigenvalue weighted by molar-refractivity contribution is 7.21. The average Bonchev–Trinajstić information content (AvgIpc) is 3.88. The number of para-hydroxylation sites is 3. The van der Waals surface area contributed by atoms with Crippen LogP contribution in [0.4, 0.5) is 0 Å². The smallest absolute Gasteiger partial charge is 0.182 e. The second kappa shape index (κ2) is 15.2. The van der Waals surface area contributed by atoms with E-state index in [9.17, 15) is 0 Å². The van der Waals surface area contributed by atoms with Crippen LogP contribution in [0.5, 0.6) is 0 Å². The summed E-state index contributed by atoms with van der Waals surface area (Å²) in [5.74, 6) is 0. The molecule has 0 radical (unpaired) electrons. The number of fused-ring (bicyclic) bond motifs is 6. The topological polar surface area (TPSA) is 9.86 Å². The minimum absolute atomic E-state index is 1.12. The summed E-state index contributed by atoms with van der Waals surface area (Å²) >= 11 is 0. The fraction of sp³-hybridized carbons (Fsp3) is 0. The maximum atomic E-state index is 2.59. The molecule has 0 unspecified atom stereocenters. The fourth-order valence-corrected chi connectivity index (χ4v) is 15.6. The number of benzene rings is 10. The number of hydrogen-bond donors (Lipinski definition) is 0. The number of hydrogen-bond acceptors (Lipinski definition) is 0. The summed E-state index contributed by atoms with van der Waals surface area (Å²) in [6.07, 6.45) is 0. The van der Waals surface area contributed by atoms with Gasteiger partial charge in [0.15, 0.2) is 8.07 Å². The molecule has 0 saturated carbocycles. The van der Waals surface area contributed by atoms with Crippen LogP contribution in [-0.4, -0.2) is 17.2 Å². The molecule has 0 saturated heterocycles. The largest absolute Gasteiger partial charge is 0.309 e. The molecule has 0 aliphatic carbocycles. The quantitative estimate of drug-likeness (QED) is 0.107. The predicted octanol–water partition coefficient (Wildman–Crippen LogP) is 12.6. The Hall–Kier alpha value is -7.98. The van der Waals surface area contributed by atoms with Gasteiger partial charge in [-0.2, -0.15) is 0 Å². The van der Waals surface area contributed by atoms with Crippen molar-refractivity contribution >= 4 is 72.4 Å². The molecule has 0 atom stereocenters. The number of aromatic nitrogens is 2. The van der Waals surface area contributed by atoms with Crippen molar-refractivity contribution in [3.8, 4) is 33.6 Å². The molecule has 10 aromatic carbocycles. The van der Waals surface area contributed by atoms with Gasteiger partial charge in [0.2, 0.25) is 0 Å². The number of rotatable bonds is 8. The zero-order valence-electron chi connectivity index (χ0n) is 34.6. The van der Waals surface area contributed by atoms with Crippen molar-refractivity contribution in [3.63, 3.8) is 0 Å². The highest BCUT2D eigenvalue weighted by Gasteiger charge is 2.45. The summed E-state index contributed by atoms with van der Waals surface area (Å²) in [6, 6.07) is 94.5. The van der Waals surface area contributed by atoms with Gasteiger partial charge in [0.25, 0.3) is 0 Å². The van der Waals surface area contributed by atoms with Crippen LogP contribution in [-0.2, 0) is 0 Å². The maximum absolute atomic E-state index is 3.13. The molecule has 2 heterocycles. The Morgan fingerprint density at radius 1 is 0.286 bits per heavy atom. The van der Waals surface area contributed by atoms with Gasteiger partial charge in [0.05, 0.1) is 27.8 Å². The molecule has 296 valence electrons. The highest BCUT2D eigenvalue weighted by atomic mass is 28.3. The molecule has 12 aromatic rings. The molecule has 0 fully saturated rings. The third-order valence-corrected chi connectivity index (χ3v) is 17.9. The lowest BCUT2D eigenvalue weighted by molar-refractivity contribution is 1.16. The highest BCUT2D eigenvalue weighted by Crippen LogP contribution is 2.40. The first-order chi connectivity index (χ1) is 31.3. The molecule has 0 aliphatic heterocycles. The summed E-state index contributed by atoms with van der Waals surface area (Å²) in [5.41, 5.74) is 11.9. The molecule has 2 aromatic heterocycles. The van der Waals surface area contributed by atoms with E-state index in [1.165, 1.54) is 86.6 Å². The average molecular weight is 819 g/mol. The summed E-state index contributed by atoms with van der Waals surface area (Å²) in [7, 11) is -3.13. The van der Waals surface area contributed by atoms with Crippen LogP contribution in [0.15, 0.2) is 255 Å². The van der Waals surface area contributed by atoms with Crippen LogP contribution in [0, 0.1) is 0 Å². The third-order valence-electron chi connectivity index (χ3n) is 13.1. The number of nitrogens with zero attached hydrogens (tertiary/aromatic N) is 2. The Labute approximate surface area is 368 Å². The van der Waals surface area contributed by atoms with Gasteiger partial charge in [0.1, 0.15) is 0 Å². The van der Waals surface area contributed by atoms with Crippen LogP contribution in [0.1, 0.15) is 0 Å². The predicted molar refractivity (Wildman–Crippen MR) is 270 cm³/mol. The lowest BCUT2D eigenvalue weighted by atomic mass is 10.0. The second-order valence-corrected chi connectivity index (χ2v) is 20.1. The molecule has 0 aliphatic rings. The van der Waals surface area contributed by atoms with E-state index in [1.807, 2.05) is 0 Å². The molecule has 2 nitrogen and oxygen atoms in total.